The number of benzene rings is 1. The minimum atomic E-state index is -0.521. The second kappa shape index (κ2) is 7.31. The van der Waals surface area contributed by atoms with Gasteiger partial charge in [0, 0.05) is 5.56 Å². The van der Waals surface area contributed by atoms with E-state index >= 15 is 0 Å². The number of hydrogen-bond donors (Lipinski definition) is 1. The van der Waals surface area contributed by atoms with Gasteiger partial charge in [-0.05, 0) is 36.1 Å². The van der Waals surface area contributed by atoms with Gasteiger partial charge in [-0.1, -0.05) is 18.2 Å². The van der Waals surface area contributed by atoms with Crippen LogP contribution in [-0.2, 0) is 22.6 Å². The lowest BCUT2D eigenvalue weighted by Gasteiger charge is -2.05. The molecule has 128 valence electrons. The summed E-state index contributed by atoms with van der Waals surface area (Å²) >= 11 is 1.52. The minimum Gasteiger partial charge on any atom is -0.461 e. The van der Waals surface area contributed by atoms with Crippen molar-refractivity contribution in [2.45, 2.75) is 20.0 Å². The molecule has 7 heteroatoms. The van der Waals surface area contributed by atoms with E-state index < -0.39 is 11.9 Å². The van der Waals surface area contributed by atoms with E-state index in [2.05, 4.69) is 4.98 Å². The van der Waals surface area contributed by atoms with Crippen LogP contribution >= 0.6 is 11.3 Å². The number of aromatic nitrogens is 1. The van der Waals surface area contributed by atoms with Crippen molar-refractivity contribution < 1.29 is 18.7 Å². The molecule has 3 rings (SSSR count). The molecule has 0 saturated heterocycles. The smallest absolute Gasteiger partial charge is 0.312 e. The van der Waals surface area contributed by atoms with E-state index in [0.29, 0.717) is 28.5 Å². The minimum absolute atomic E-state index is 0.0240. The predicted molar refractivity (Wildman–Crippen MR) is 93.0 cm³/mol. The number of nitrogens with zero attached hydrogens (tertiary/aromatic N) is 1. The van der Waals surface area contributed by atoms with Gasteiger partial charge in [0.25, 0.3) is 0 Å². The molecule has 0 aliphatic heterocycles. The highest BCUT2D eigenvalue weighted by Gasteiger charge is 2.16. The van der Waals surface area contributed by atoms with E-state index in [1.807, 2.05) is 17.5 Å². The van der Waals surface area contributed by atoms with Gasteiger partial charge >= 0.3 is 5.97 Å². The summed E-state index contributed by atoms with van der Waals surface area (Å²) < 4.78 is 10.9. The van der Waals surface area contributed by atoms with Gasteiger partial charge in [-0.2, -0.15) is 0 Å². The molecule has 0 aliphatic rings. The van der Waals surface area contributed by atoms with Crippen LogP contribution in [-0.4, -0.2) is 16.9 Å². The van der Waals surface area contributed by atoms with Crippen molar-refractivity contribution in [1.82, 2.24) is 4.98 Å². The average Bonchev–Trinajstić information content (AvgIpc) is 3.24. The van der Waals surface area contributed by atoms with Crippen LogP contribution in [0.4, 0.5) is 0 Å². The van der Waals surface area contributed by atoms with E-state index in [0.717, 1.165) is 4.88 Å². The quantitative estimate of drug-likeness (QED) is 0.685. The van der Waals surface area contributed by atoms with Gasteiger partial charge in [-0.15, -0.1) is 11.3 Å². The standard InChI is InChI=1S/C18H16N2O4S/c1-11-14(20-18(24-11)15-6-3-7-25-15)9-16(21)23-10-12-4-2-5-13(8-12)17(19)22/h2-8H,9-10H2,1H3,(H2,19,22). The molecule has 0 spiro atoms. The lowest BCUT2D eigenvalue weighted by atomic mass is 10.1. The molecule has 25 heavy (non-hydrogen) atoms. The number of oxazole rings is 1. The number of carbonyl (C=O) groups excluding carboxylic acids is 2. The number of ether oxygens (including phenoxy) is 1. The first-order valence-corrected chi connectivity index (χ1v) is 8.45. The number of amides is 1. The fourth-order valence-corrected chi connectivity index (χ4v) is 2.91. The van der Waals surface area contributed by atoms with Crippen LogP contribution in [0.3, 0.4) is 0 Å². The molecule has 1 aromatic carbocycles. The molecule has 0 aliphatic carbocycles. The van der Waals surface area contributed by atoms with E-state index in [1.165, 1.54) is 11.3 Å². The van der Waals surface area contributed by atoms with Crippen LogP contribution < -0.4 is 5.73 Å². The third-order valence-corrected chi connectivity index (χ3v) is 4.41. The molecule has 1 amide bonds. The average molecular weight is 356 g/mol. The maximum absolute atomic E-state index is 12.1. The molecule has 0 bridgehead atoms. The highest BCUT2D eigenvalue weighted by Crippen LogP contribution is 2.26. The molecule has 2 heterocycles. The number of thiophene rings is 1. The van der Waals surface area contributed by atoms with Crippen molar-refractivity contribution in [1.29, 1.82) is 0 Å². The first kappa shape index (κ1) is 16.9. The number of primary amides is 1. The Labute approximate surface area is 148 Å². The van der Waals surface area contributed by atoms with Gasteiger partial charge in [0.05, 0.1) is 17.0 Å². The Bertz CT molecular complexity index is 900. The molecule has 0 radical (unpaired) electrons. The van der Waals surface area contributed by atoms with Gasteiger partial charge in [0.15, 0.2) is 0 Å². The summed E-state index contributed by atoms with van der Waals surface area (Å²) in [5.74, 6) is 0.159. The monoisotopic (exact) mass is 356 g/mol. The first-order chi connectivity index (χ1) is 12.0. The van der Waals surface area contributed by atoms with E-state index in [1.54, 1.807) is 31.2 Å². The summed E-state index contributed by atoms with van der Waals surface area (Å²) in [5, 5.41) is 1.93. The van der Waals surface area contributed by atoms with Gasteiger partial charge in [-0.3, -0.25) is 9.59 Å². The zero-order valence-corrected chi connectivity index (χ0v) is 14.3. The van der Waals surface area contributed by atoms with E-state index in [4.69, 9.17) is 14.9 Å². The molecule has 6 nitrogen and oxygen atoms in total. The molecule has 0 saturated carbocycles. The normalized spacial score (nSPS) is 10.6. The van der Waals surface area contributed by atoms with Gasteiger partial charge in [0.1, 0.15) is 12.4 Å². The van der Waals surface area contributed by atoms with Crippen molar-refractivity contribution in [3.63, 3.8) is 0 Å². The zero-order valence-electron chi connectivity index (χ0n) is 13.5. The fraction of sp³-hybridized carbons (Fsp3) is 0.167. The first-order valence-electron chi connectivity index (χ1n) is 7.57. The Morgan fingerprint density at radius 1 is 1.28 bits per heavy atom. The molecular weight excluding hydrogens is 340 g/mol. The van der Waals surface area contributed by atoms with Crippen LogP contribution in [0.1, 0.15) is 27.4 Å². The van der Waals surface area contributed by atoms with Crippen LogP contribution in [0.5, 0.6) is 0 Å². The maximum Gasteiger partial charge on any atom is 0.312 e. The molecule has 2 aromatic heterocycles. The van der Waals surface area contributed by atoms with Gasteiger partial charge in [-0.25, -0.2) is 4.98 Å². The fourth-order valence-electron chi connectivity index (χ4n) is 2.26. The van der Waals surface area contributed by atoms with Crippen LogP contribution in [0.2, 0.25) is 0 Å². The number of esters is 1. The van der Waals surface area contributed by atoms with Crippen LogP contribution in [0, 0.1) is 6.92 Å². The number of aryl methyl sites for hydroxylation is 1. The van der Waals surface area contributed by atoms with Gasteiger partial charge in [0.2, 0.25) is 11.8 Å². The van der Waals surface area contributed by atoms with Crippen molar-refractivity contribution in [3.8, 4) is 10.8 Å². The Balaban J connectivity index is 1.61. The lowest BCUT2D eigenvalue weighted by Crippen LogP contribution is -2.12. The van der Waals surface area contributed by atoms with E-state index in [9.17, 15) is 9.59 Å². The Morgan fingerprint density at radius 2 is 2.12 bits per heavy atom. The third kappa shape index (κ3) is 4.13. The number of hydrogen-bond acceptors (Lipinski definition) is 6. The maximum atomic E-state index is 12.1. The van der Waals surface area contributed by atoms with Crippen LogP contribution in [0.15, 0.2) is 46.2 Å². The highest BCUT2D eigenvalue weighted by molar-refractivity contribution is 7.13. The SMILES string of the molecule is Cc1oc(-c2cccs2)nc1CC(=O)OCc1cccc(C(N)=O)c1. The number of rotatable bonds is 6. The Hall–Kier alpha value is -2.93. The summed E-state index contributed by atoms with van der Waals surface area (Å²) in [5.41, 5.74) is 6.86. The Kier molecular flexibility index (Phi) is 4.95. The molecule has 2 N–H and O–H groups in total. The highest BCUT2D eigenvalue weighted by atomic mass is 32.1. The van der Waals surface area contributed by atoms with Crippen molar-refractivity contribution in [2.24, 2.45) is 5.73 Å². The second-order valence-electron chi connectivity index (χ2n) is 5.40. The predicted octanol–water partition coefficient (Wildman–Crippen LogP) is 3.10. The summed E-state index contributed by atoms with van der Waals surface area (Å²) in [7, 11) is 0. The molecule has 0 fully saturated rings. The summed E-state index contributed by atoms with van der Waals surface area (Å²) in [6.45, 7) is 1.83. The molecule has 0 unspecified atom stereocenters. The molecule has 0 atom stereocenters. The van der Waals surface area contributed by atoms with E-state index in [-0.39, 0.29) is 13.0 Å². The number of carbonyl (C=O) groups is 2. The Morgan fingerprint density at radius 3 is 2.84 bits per heavy atom. The summed E-state index contributed by atoms with van der Waals surface area (Å²) in [6, 6.07) is 10.5. The third-order valence-electron chi connectivity index (χ3n) is 3.55. The summed E-state index contributed by atoms with van der Waals surface area (Å²) in [4.78, 5) is 28.5. The lowest BCUT2D eigenvalue weighted by molar-refractivity contribution is -0.144. The van der Waals surface area contributed by atoms with Gasteiger partial charge < -0.3 is 14.9 Å². The van der Waals surface area contributed by atoms with Crippen molar-refractivity contribution >= 4 is 23.2 Å². The second-order valence-corrected chi connectivity index (χ2v) is 6.35. The largest absolute Gasteiger partial charge is 0.461 e. The molecule has 3 aromatic rings. The van der Waals surface area contributed by atoms with Crippen molar-refractivity contribution in [2.75, 3.05) is 0 Å². The zero-order chi connectivity index (χ0) is 17.8. The molecular formula is C18H16N2O4S. The van der Waals surface area contributed by atoms with Crippen LogP contribution in [0.25, 0.3) is 10.8 Å². The number of nitrogens with two attached hydrogens (primary N) is 1. The van der Waals surface area contributed by atoms with Crippen molar-refractivity contribution in [3.05, 3.63) is 64.4 Å². The summed E-state index contributed by atoms with van der Waals surface area (Å²) in [6.07, 6.45) is 0.0240. The topological polar surface area (TPSA) is 95.4 Å².